The number of amides is 1. The van der Waals surface area contributed by atoms with Crippen molar-refractivity contribution in [1.29, 1.82) is 0 Å². The summed E-state index contributed by atoms with van der Waals surface area (Å²) in [5, 5.41) is 11.5. The largest absolute Gasteiger partial charge is 0.493 e. The second-order valence-electron chi connectivity index (χ2n) is 9.67. The zero-order valence-corrected chi connectivity index (χ0v) is 22.0. The summed E-state index contributed by atoms with van der Waals surface area (Å²) in [5.74, 6) is -8.41. The van der Waals surface area contributed by atoms with Crippen LogP contribution in [0, 0.1) is 23.3 Å². The Morgan fingerprint density at radius 3 is 2.15 bits per heavy atom. The number of carboxylic acid groups (broad SMARTS) is 1. The second-order valence-corrected chi connectivity index (χ2v) is 9.67. The molecule has 0 unspecified atom stereocenters. The van der Waals surface area contributed by atoms with E-state index in [-0.39, 0.29) is 6.42 Å². The summed E-state index contributed by atoms with van der Waals surface area (Å²) in [6, 6.07) is 3.81. The molecule has 0 aliphatic rings. The molecule has 10 nitrogen and oxygen atoms in total. The van der Waals surface area contributed by atoms with Crippen molar-refractivity contribution < 1.29 is 46.5 Å². The molecule has 0 spiro atoms. The van der Waals surface area contributed by atoms with Crippen LogP contribution >= 0.6 is 0 Å². The van der Waals surface area contributed by atoms with Gasteiger partial charge in [0.25, 0.3) is 5.56 Å². The van der Waals surface area contributed by atoms with Gasteiger partial charge in [-0.1, -0.05) is 0 Å². The van der Waals surface area contributed by atoms with E-state index >= 15 is 8.78 Å². The molecule has 14 heteroatoms. The summed E-state index contributed by atoms with van der Waals surface area (Å²) >= 11 is 0. The Balaban J connectivity index is 1.84. The van der Waals surface area contributed by atoms with Crippen LogP contribution in [0.3, 0.4) is 0 Å². The van der Waals surface area contributed by atoms with Gasteiger partial charge in [-0.25, -0.2) is 27.2 Å². The average molecular weight is 580 g/mol. The molecule has 0 fully saturated rings. The number of hydrogen-bond acceptors (Lipinski definition) is 7. The van der Waals surface area contributed by atoms with Crippen LogP contribution in [0.25, 0.3) is 5.69 Å². The van der Waals surface area contributed by atoms with Crippen molar-refractivity contribution in [2.24, 2.45) is 0 Å². The Hall–Kier alpha value is -4.88. The molecule has 2 aromatic carbocycles. The van der Waals surface area contributed by atoms with Gasteiger partial charge < -0.3 is 25.6 Å². The first kappa shape index (κ1) is 30.7. The summed E-state index contributed by atoms with van der Waals surface area (Å²) in [7, 11) is 0. The van der Waals surface area contributed by atoms with Crippen molar-refractivity contribution in [1.82, 2.24) is 9.88 Å². The maximum atomic E-state index is 15.1. The Morgan fingerprint density at radius 1 is 0.976 bits per heavy atom. The van der Waals surface area contributed by atoms with Crippen molar-refractivity contribution in [2.75, 3.05) is 12.3 Å². The first-order valence-electron chi connectivity index (χ1n) is 11.9. The topological polar surface area (TPSA) is 150 Å². The Morgan fingerprint density at radius 2 is 1.59 bits per heavy atom. The van der Waals surface area contributed by atoms with Gasteiger partial charge in [0.1, 0.15) is 40.5 Å². The molecule has 1 aromatic heterocycles. The lowest BCUT2D eigenvalue weighted by atomic mass is 10.0. The van der Waals surface area contributed by atoms with Gasteiger partial charge in [-0.15, -0.1) is 0 Å². The van der Waals surface area contributed by atoms with Crippen LogP contribution in [0.4, 0.5) is 28.2 Å². The molecule has 1 amide bonds. The van der Waals surface area contributed by atoms with Crippen LogP contribution in [-0.2, 0) is 9.53 Å². The van der Waals surface area contributed by atoms with Crippen molar-refractivity contribution in [3.8, 4) is 11.4 Å². The minimum absolute atomic E-state index is 0.309. The maximum Gasteiger partial charge on any atom is 0.408 e. The second kappa shape index (κ2) is 12.1. The zero-order chi connectivity index (χ0) is 30.6. The number of aromatic nitrogens is 1. The van der Waals surface area contributed by atoms with Crippen LogP contribution in [0.15, 0.2) is 47.3 Å². The number of nitrogens with one attached hydrogen (secondary N) is 1. The number of nitrogen functional groups attached to an aromatic ring is 1. The highest BCUT2D eigenvalue weighted by atomic mass is 19.1. The van der Waals surface area contributed by atoms with E-state index in [0.717, 1.165) is 24.3 Å². The van der Waals surface area contributed by atoms with E-state index in [9.17, 15) is 33.1 Å². The molecule has 0 saturated heterocycles. The van der Waals surface area contributed by atoms with Crippen LogP contribution < -0.4 is 21.3 Å². The van der Waals surface area contributed by atoms with Crippen LogP contribution in [-0.4, -0.2) is 45.8 Å². The number of carbonyl (C=O) groups is 3. The van der Waals surface area contributed by atoms with E-state index in [1.807, 2.05) is 0 Å². The zero-order valence-electron chi connectivity index (χ0n) is 22.0. The summed E-state index contributed by atoms with van der Waals surface area (Å²) in [6.45, 7) is 4.35. The Kier molecular flexibility index (Phi) is 9.05. The summed E-state index contributed by atoms with van der Waals surface area (Å²) in [6.07, 6.45) is -1.30. The third-order valence-corrected chi connectivity index (χ3v) is 5.43. The summed E-state index contributed by atoms with van der Waals surface area (Å²) in [4.78, 5) is 48.7. The van der Waals surface area contributed by atoms with E-state index < -0.39 is 93.3 Å². The first-order valence-corrected chi connectivity index (χ1v) is 11.9. The lowest BCUT2D eigenvalue weighted by molar-refractivity contribution is -0.139. The lowest BCUT2D eigenvalue weighted by Crippen LogP contribution is -2.44. The molecule has 0 radical (unpaired) electrons. The van der Waals surface area contributed by atoms with E-state index in [2.05, 4.69) is 5.32 Å². The predicted molar refractivity (Wildman–Crippen MR) is 137 cm³/mol. The highest BCUT2D eigenvalue weighted by Gasteiger charge is 2.25. The quantitative estimate of drug-likeness (QED) is 0.255. The number of nitrogens with two attached hydrogens (primary N) is 1. The molecular weight excluding hydrogens is 554 g/mol. The van der Waals surface area contributed by atoms with E-state index in [1.54, 1.807) is 20.8 Å². The van der Waals surface area contributed by atoms with Crippen molar-refractivity contribution >= 4 is 23.7 Å². The number of alkyl carbamates (subject to hydrolysis) is 1. The fraction of sp³-hybridized carbons (Fsp3) is 0.259. The number of hydrogen-bond donors (Lipinski definition) is 3. The van der Waals surface area contributed by atoms with Crippen LogP contribution in [0.1, 0.15) is 43.1 Å². The fourth-order valence-corrected chi connectivity index (χ4v) is 3.64. The molecule has 1 atom stereocenters. The van der Waals surface area contributed by atoms with Crippen molar-refractivity contribution in [2.45, 2.75) is 38.8 Å². The minimum atomic E-state index is -1.44. The Bertz CT molecular complexity index is 1540. The van der Waals surface area contributed by atoms with Gasteiger partial charge in [-0.3, -0.25) is 14.2 Å². The third kappa shape index (κ3) is 7.41. The van der Waals surface area contributed by atoms with Crippen molar-refractivity contribution in [3.63, 3.8) is 0 Å². The number of nitrogens with zero attached hydrogens (tertiary/aromatic N) is 1. The third-order valence-electron chi connectivity index (χ3n) is 5.43. The van der Waals surface area contributed by atoms with E-state index in [4.69, 9.17) is 15.2 Å². The number of carbonyl (C=O) groups excluding carboxylic acids is 2. The van der Waals surface area contributed by atoms with Gasteiger partial charge in [0.2, 0.25) is 0 Å². The number of ketones is 1. The number of ether oxygens (including phenoxy) is 2. The molecule has 0 saturated carbocycles. The van der Waals surface area contributed by atoms with Crippen LogP contribution in [0.2, 0.25) is 0 Å². The fourth-order valence-electron chi connectivity index (χ4n) is 3.64. The smallest absolute Gasteiger partial charge is 0.408 e. The van der Waals surface area contributed by atoms with Gasteiger partial charge in [-0.2, -0.15) is 0 Å². The molecule has 41 heavy (non-hydrogen) atoms. The summed E-state index contributed by atoms with van der Waals surface area (Å²) in [5.41, 5.74) is 1.97. The predicted octanol–water partition coefficient (Wildman–Crippen LogP) is 3.95. The lowest BCUT2D eigenvalue weighted by Gasteiger charge is -2.22. The molecule has 4 N–H and O–H groups in total. The highest BCUT2D eigenvalue weighted by Crippen LogP contribution is 2.27. The standard InChI is InChI=1S/C27H25F4N3O7/c1-27(2,3)41-26(39)33-20(25(37)38)8-9-40-14-11-18(30)22(19(31)12-14)34-21(35)7-6-16(24(34)32)23(36)15-5-4-13(28)10-17(15)29/h4-7,10-12,20H,8-9,32H2,1-3H3,(H,33,39)(H,37,38)/t20-/m0/s1. The van der Waals surface area contributed by atoms with Crippen molar-refractivity contribution in [3.05, 3.63) is 87.2 Å². The molecule has 1 heterocycles. The molecule has 0 bridgehead atoms. The minimum Gasteiger partial charge on any atom is -0.493 e. The number of carboxylic acids is 1. The average Bonchev–Trinajstić information content (AvgIpc) is 2.83. The number of rotatable bonds is 9. The van der Waals surface area contributed by atoms with E-state index in [0.29, 0.717) is 22.8 Å². The molecule has 218 valence electrons. The van der Waals surface area contributed by atoms with Gasteiger partial charge in [0, 0.05) is 30.7 Å². The van der Waals surface area contributed by atoms with Gasteiger partial charge in [0.15, 0.2) is 17.4 Å². The monoisotopic (exact) mass is 579 g/mol. The van der Waals surface area contributed by atoms with Gasteiger partial charge in [0.05, 0.1) is 17.7 Å². The number of halogens is 4. The molecule has 0 aliphatic carbocycles. The molecular formula is C27H25F4N3O7. The van der Waals surface area contributed by atoms with Gasteiger partial charge >= 0.3 is 12.1 Å². The number of aliphatic carboxylic acids is 1. The Labute approximate surface area is 230 Å². The molecule has 3 aromatic rings. The van der Waals surface area contributed by atoms with Gasteiger partial charge in [-0.05, 0) is 39.0 Å². The first-order chi connectivity index (χ1) is 19.1. The molecule has 0 aliphatic heterocycles. The van der Waals surface area contributed by atoms with Crippen LogP contribution in [0.5, 0.6) is 5.75 Å². The maximum absolute atomic E-state index is 15.1. The highest BCUT2D eigenvalue weighted by molar-refractivity contribution is 6.11. The SMILES string of the molecule is CC(C)(C)OC(=O)N[C@@H](CCOc1cc(F)c(-n2c(N)c(C(=O)c3ccc(F)cc3F)ccc2=O)c(F)c1)C(=O)O. The number of benzene rings is 2. The number of pyridine rings is 1. The number of anilines is 1. The summed E-state index contributed by atoms with van der Waals surface area (Å²) < 4.78 is 68.2. The normalized spacial score (nSPS) is 12.0. The van der Waals surface area contributed by atoms with E-state index in [1.165, 1.54) is 0 Å². The molecule has 3 rings (SSSR count).